The first-order chi connectivity index (χ1) is 6.91. The van der Waals surface area contributed by atoms with E-state index in [9.17, 15) is 14.4 Å². The molecule has 0 spiro atoms. The van der Waals surface area contributed by atoms with Gasteiger partial charge in [-0.3, -0.25) is 14.4 Å². The standard InChI is InChI=1S/C11H15IO3/c1-6(13)8-3-9(7(2)14)5-10(4-8)11(12)15/h8-10H,3-5H2,1-2H3. The molecule has 1 aliphatic rings. The summed E-state index contributed by atoms with van der Waals surface area (Å²) < 4.78 is 0.0739. The predicted octanol–water partition coefficient (Wildman–Crippen LogP) is 2.16. The van der Waals surface area contributed by atoms with Gasteiger partial charge in [0, 0.05) is 17.8 Å². The molecule has 2 atom stereocenters. The van der Waals surface area contributed by atoms with Crippen LogP contribution in [0.5, 0.6) is 0 Å². The van der Waals surface area contributed by atoms with Crippen molar-refractivity contribution in [2.45, 2.75) is 33.1 Å². The molecule has 84 valence electrons. The van der Waals surface area contributed by atoms with Gasteiger partial charge in [0.1, 0.15) is 11.6 Å². The van der Waals surface area contributed by atoms with Gasteiger partial charge in [-0.15, -0.1) is 0 Å². The first-order valence-corrected chi connectivity index (χ1v) is 6.20. The zero-order valence-electron chi connectivity index (χ0n) is 8.96. The van der Waals surface area contributed by atoms with Crippen molar-refractivity contribution in [2.75, 3.05) is 0 Å². The fraction of sp³-hybridized carbons (Fsp3) is 0.727. The monoisotopic (exact) mass is 322 g/mol. The molecule has 0 aliphatic heterocycles. The van der Waals surface area contributed by atoms with Gasteiger partial charge in [0.2, 0.25) is 0 Å². The normalized spacial score (nSPS) is 31.0. The quantitative estimate of drug-likeness (QED) is 0.591. The van der Waals surface area contributed by atoms with Gasteiger partial charge in [-0.1, -0.05) is 0 Å². The highest BCUT2D eigenvalue weighted by Crippen LogP contribution is 2.35. The summed E-state index contributed by atoms with van der Waals surface area (Å²) in [5.41, 5.74) is 0. The molecule has 0 bridgehead atoms. The van der Waals surface area contributed by atoms with E-state index in [4.69, 9.17) is 0 Å². The Hall–Kier alpha value is -0.260. The molecule has 1 aliphatic carbocycles. The maximum absolute atomic E-state index is 11.3. The number of carbonyl (C=O) groups is 3. The summed E-state index contributed by atoms with van der Waals surface area (Å²) in [6.45, 7) is 3.09. The summed E-state index contributed by atoms with van der Waals surface area (Å²) in [6.07, 6.45) is 1.88. The Bertz CT molecular complexity index is 245. The minimum atomic E-state index is -0.109. The van der Waals surface area contributed by atoms with E-state index in [0.29, 0.717) is 19.3 Å². The van der Waals surface area contributed by atoms with E-state index in [-0.39, 0.29) is 33.1 Å². The second-order valence-corrected chi connectivity index (χ2v) is 5.39. The third kappa shape index (κ3) is 3.36. The van der Waals surface area contributed by atoms with Crippen molar-refractivity contribution in [1.82, 2.24) is 0 Å². The molecule has 1 fully saturated rings. The Morgan fingerprint density at radius 1 is 0.867 bits per heavy atom. The van der Waals surface area contributed by atoms with Crippen molar-refractivity contribution < 1.29 is 14.4 Å². The summed E-state index contributed by atoms with van der Waals surface area (Å²) in [4.78, 5) is 33.9. The van der Waals surface area contributed by atoms with Crippen LogP contribution in [-0.4, -0.2) is 15.4 Å². The Morgan fingerprint density at radius 3 is 1.47 bits per heavy atom. The maximum Gasteiger partial charge on any atom is 0.195 e. The average Bonchev–Trinajstić information content (AvgIpc) is 2.16. The summed E-state index contributed by atoms with van der Waals surface area (Å²) in [7, 11) is 0. The van der Waals surface area contributed by atoms with E-state index in [1.54, 1.807) is 36.4 Å². The van der Waals surface area contributed by atoms with Gasteiger partial charge in [-0.2, -0.15) is 0 Å². The van der Waals surface area contributed by atoms with Crippen molar-refractivity contribution >= 4 is 37.9 Å². The highest BCUT2D eigenvalue weighted by molar-refractivity contribution is 14.1. The van der Waals surface area contributed by atoms with Crippen LogP contribution in [0, 0.1) is 17.8 Å². The lowest BCUT2D eigenvalue weighted by atomic mass is 9.73. The largest absolute Gasteiger partial charge is 0.300 e. The van der Waals surface area contributed by atoms with Gasteiger partial charge in [-0.05, 0) is 55.7 Å². The van der Waals surface area contributed by atoms with Crippen LogP contribution in [0.15, 0.2) is 0 Å². The Kier molecular flexibility index (Phi) is 4.43. The molecule has 3 nitrogen and oxygen atoms in total. The first-order valence-electron chi connectivity index (χ1n) is 5.12. The summed E-state index contributed by atoms with van der Waals surface area (Å²) in [5, 5.41) is 0. The predicted molar refractivity (Wildman–Crippen MR) is 64.7 cm³/mol. The topological polar surface area (TPSA) is 51.2 Å². The average molecular weight is 322 g/mol. The van der Waals surface area contributed by atoms with Gasteiger partial charge < -0.3 is 0 Å². The molecule has 0 aromatic heterocycles. The maximum atomic E-state index is 11.3. The third-order valence-electron chi connectivity index (χ3n) is 3.18. The van der Waals surface area contributed by atoms with Gasteiger partial charge in [0.25, 0.3) is 0 Å². The number of hydrogen-bond donors (Lipinski definition) is 0. The highest BCUT2D eigenvalue weighted by atomic mass is 127. The first kappa shape index (κ1) is 12.8. The second kappa shape index (κ2) is 5.18. The molecule has 0 aromatic rings. The van der Waals surface area contributed by atoms with Crippen LogP contribution in [0.3, 0.4) is 0 Å². The van der Waals surface area contributed by atoms with Crippen molar-refractivity contribution in [1.29, 1.82) is 0 Å². The molecule has 1 rings (SSSR count). The lowest BCUT2D eigenvalue weighted by Gasteiger charge is -2.30. The molecule has 1 saturated carbocycles. The summed E-state index contributed by atoms with van der Waals surface area (Å²) >= 11 is 1.77. The Morgan fingerprint density at radius 2 is 1.20 bits per heavy atom. The molecule has 0 N–H and O–H groups in total. The smallest absolute Gasteiger partial charge is 0.195 e. The molecular formula is C11H15IO3. The molecule has 4 heteroatoms. The molecule has 15 heavy (non-hydrogen) atoms. The van der Waals surface area contributed by atoms with Crippen molar-refractivity contribution in [3.63, 3.8) is 0 Å². The Balaban J connectivity index is 2.77. The summed E-state index contributed by atoms with van der Waals surface area (Å²) in [6, 6.07) is 0. The van der Waals surface area contributed by atoms with Crippen LogP contribution in [0.2, 0.25) is 0 Å². The molecule has 0 radical (unpaired) electrons. The fourth-order valence-corrected chi connectivity index (χ4v) is 2.68. The SMILES string of the molecule is CC(=O)C1CC(C(C)=O)CC(C(=O)I)C1. The van der Waals surface area contributed by atoms with E-state index in [1.807, 2.05) is 0 Å². The number of halogens is 1. The van der Waals surface area contributed by atoms with E-state index >= 15 is 0 Å². The molecule has 0 saturated heterocycles. The minimum Gasteiger partial charge on any atom is -0.300 e. The third-order valence-corrected chi connectivity index (χ3v) is 4.06. The van der Waals surface area contributed by atoms with E-state index in [0.717, 1.165) is 0 Å². The van der Waals surface area contributed by atoms with Crippen molar-refractivity contribution in [3.05, 3.63) is 0 Å². The lowest BCUT2D eigenvalue weighted by Crippen LogP contribution is -2.32. The van der Waals surface area contributed by atoms with E-state index in [1.165, 1.54) is 0 Å². The number of ketones is 2. The fourth-order valence-electron chi connectivity index (χ4n) is 2.17. The van der Waals surface area contributed by atoms with E-state index < -0.39 is 0 Å². The van der Waals surface area contributed by atoms with Gasteiger partial charge in [-0.25, -0.2) is 0 Å². The van der Waals surface area contributed by atoms with Gasteiger partial charge in [0.15, 0.2) is 3.79 Å². The van der Waals surface area contributed by atoms with Gasteiger partial charge in [0.05, 0.1) is 0 Å². The number of carbonyl (C=O) groups excluding carboxylic acids is 3. The molecular weight excluding hydrogens is 307 g/mol. The lowest BCUT2D eigenvalue weighted by molar-refractivity contribution is -0.128. The van der Waals surface area contributed by atoms with E-state index in [2.05, 4.69) is 0 Å². The number of Topliss-reactive ketones (excluding diaryl/α,β-unsaturated/α-hetero) is 2. The zero-order chi connectivity index (χ0) is 11.6. The second-order valence-electron chi connectivity index (χ2n) is 4.32. The molecule has 0 amide bonds. The summed E-state index contributed by atoms with van der Waals surface area (Å²) in [5.74, 6) is -0.109. The number of rotatable bonds is 3. The van der Waals surface area contributed by atoms with Crippen LogP contribution in [0.1, 0.15) is 33.1 Å². The minimum absolute atomic E-state index is 0.0739. The highest BCUT2D eigenvalue weighted by Gasteiger charge is 2.35. The van der Waals surface area contributed by atoms with Crippen molar-refractivity contribution in [3.8, 4) is 0 Å². The molecule has 0 heterocycles. The van der Waals surface area contributed by atoms with Crippen LogP contribution in [-0.2, 0) is 14.4 Å². The van der Waals surface area contributed by atoms with Crippen LogP contribution in [0.25, 0.3) is 0 Å². The van der Waals surface area contributed by atoms with Crippen LogP contribution < -0.4 is 0 Å². The Labute approximate surface area is 103 Å². The van der Waals surface area contributed by atoms with Gasteiger partial charge >= 0.3 is 0 Å². The van der Waals surface area contributed by atoms with Crippen LogP contribution >= 0.6 is 22.6 Å². The molecule has 2 unspecified atom stereocenters. The zero-order valence-corrected chi connectivity index (χ0v) is 11.1. The molecule has 0 aromatic carbocycles. The van der Waals surface area contributed by atoms with Crippen LogP contribution in [0.4, 0.5) is 0 Å². The number of hydrogen-bond acceptors (Lipinski definition) is 3. The van der Waals surface area contributed by atoms with Crippen molar-refractivity contribution in [2.24, 2.45) is 17.8 Å².